The van der Waals surface area contributed by atoms with Crippen LogP contribution < -0.4 is 5.32 Å². The van der Waals surface area contributed by atoms with Gasteiger partial charge in [0.15, 0.2) is 10.8 Å². The molecule has 1 atom stereocenters. The van der Waals surface area contributed by atoms with Crippen molar-refractivity contribution in [2.24, 2.45) is 0 Å². The van der Waals surface area contributed by atoms with Crippen molar-refractivity contribution in [1.82, 2.24) is 10.3 Å². The molecule has 21 heavy (non-hydrogen) atoms. The fourth-order valence-corrected chi connectivity index (χ4v) is 2.64. The maximum Gasteiger partial charge on any atom is 0.226 e. The molecule has 0 spiro atoms. The first kappa shape index (κ1) is 15.7. The van der Waals surface area contributed by atoms with Gasteiger partial charge in [0.1, 0.15) is 5.76 Å². The number of amides is 1. The van der Waals surface area contributed by atoms with Crippen LogP contribution in [0, 0.1) is 6.92 Å². The number of nitrogens with zero attached hydrogens (tertiary/aromatic N) is 1. The number of rotatable bonds is 7. The number of aromatic nitrogens is 1. The number of nitrogens with one attached hydrogen (secondary N) is 1. The Balaban J connectivity index is 1.83. The lowest BCUT2D eigenvalue weighted by atomic mass is 10.2. The summed E-state index contributed by atoms with van der Waals surface area (Å²) in [6, 6.07) is 3.77. The Labute approximate surface area is 128 Å². The van der Waals surface area contributed by atoms with Crippen molar-refractivity contribution in [3.8, 4) is 10.8 Å². The van der Waals surface area contributed by atoms with E-state index in [1.165, 1.54) is 11.3 Å². The minimum atomic E-state index is -0.349. The SMILES string of the molecule is CCC(O)CCNC(=O)Cc1csc(-c2ccc(C)o2)n1. The van der Waals surface area contributed by atoms with Crippen LogP contribution in [0.1, 0.15) is 31.2 Å². The normalized spacial score (nSPS) is 12.3. The Morgan fingerprint density at radius 3 is 3.00 bits per heavy atom. The molecule has 0 saturated carbocycles. The molecule has 0 radical (unpaired) electrons. The van der Waals surface area contributed by atoms with Crippen molar-refractivity contribution in [3.05, 3.63) is 29.0 Å². The molecule has 2 aromatic heterocycles. The summed E-state index contributed by atoms with van der Waals surface area (Å²) in [5, 5.41) is 14.9. The molecule has 114 valence electrons. The zero-order valence-electron chi connectivity index (χ0n) is 12.3. The lowest BCUT2D eigenvalue weighted by Gasteiger charge is -2.08. The van der Waals surface area contributed by atoms with E-state index in [2.05, 4.69) is 10.3 Å². The number of aliphatic hydroxyl groups excluding tert-OH is 1. The summed E-state index contributed by atoms with van der Waals surface area (Å²) in [4.78, 5) is 16.2. The molecule has 2 N–H and O–H groups in total. The predicted octanol–water partition coefficient (Wildman–Crippen LogP) is 2.53. The molecule has 2 rings (SSSR count). The molecular formula is C15H20N2O3S. The van der Waals surface area contributed by atoms with Gasteiger partial charge in [0, 0.05) is 11.9 Å². The summed E-state index contributed by atoms with van der Waals surface area (Å²) < 4.78 is 5.51. The molecule has 0 aliphatic rings. The number of carbonyl (C=O) groups excluding carboxylic acids is 1. The second-order valence-electron chi connectivity index (χ2n) is 4.93. The molecule has 0 saturated heterocycles. The van der Waals surface area contributed by atoms with E-state index in [1.54, 1.807) is 0 Å². The Morgan fingerprint density at radius 2 is 2.33 bits per heavy atom. The van der Waals surface area contributed by atoms with Crippen molar-refractivity contribution < 1.29 is 14.3 Å². The molecule has 6 heteroatoms. The summed E-state index contributed by atoms with van der Waals surface area (Å²) in [6.07, 6.45) is 1.18. The molecule has 0 aliphatic heterocycles. The Kier molecular flexibility index (Phi) is 5.52. The van der Waals surface area contributed by atoms with Gasteiger partial charge in [-0.05, 0) is 31.9 Å². The van der Waals surface area contributed by atoms with E-state index in [0.29, 0.717) is 19.4 Å². The van der Waals surface area contributed by atoms with Crippen LogP contribution in [-0.2, 0) is 11.2 Å². The minimum absolute atomic E-state index is 0.0780. The van der Waals surface area contributed by atoms with Crippen LogP contribution in [-0.4, -0.2) is 28.6 Å². The van der Waals surface area contributed by atoms with Crippen LogP contribution in [0.3, 0.4) is 0 Å². The third-order valence-corrected chi connectivity index (χ3v) is 4.02. The number of hydrogen-bond donors (Lipinski definition) is 2. The van der Waals surface area contributed by atoms with Crippen LogP contribution in [0.4, 0.5) is 0 Å². The van der Waals surface area contributed by atoms with E-state index >= 15 is 0 Å². The van der Waals surface area contributed by atoms with E-state index in [4.69, 9.17) is 4.42 Å². The van der Waals surface area contributed by atoms with Crippen LogP contribution in [0.25, 0.3) is 10.8 Å². The zero-order chi connectivity index (χ0) is 15.2. The van der Waals surface area contributed by atoms with Gasteiger partial charge in [-0.3, -0.25) is 4.79 Å². The van der Waals surface area contributed by atoms with Gasteiger partial charge in [-0.15, -0.1) is 11.3 Å². The highest BCUT2D eigenvalue weighted by Crippen LogP contribution is 2.25. The van der Waals surface area contributed by atoms with Crippen molar-refractivity contribution in [1.29, 1.82) is 0 Å². The summed E-state index contributed by atoms with van der Waals surface area (Å²) in [7, 11) is 0. The summed E-state index contributed by atoms with van der Waals surface area (Å²) in [5.41, 5.74) is 0.734. The number of furan rings is 1. The summed E-state index contributed by atoms with van der Waals surface area (Å²) in [6.45, 7) is 4.29. The first-order valence-corrected chi connectivity index (χ1v) is 7.92. The van der Waals surface area contributed by atoms with Crippen molar-refractivity contribution >= 4 is 17.2 Å². The van der Waals surface area contributed by atoms with Gasteiger partial charge in [0.25, 0.3) is 0 Å². The van der Waals surface area contributed by atoms with E-state index in [1.807, 2.05) is 31.4 Å². The average molecular weight is 308 g/mol. The highest BCUT2D eigenvalue weighted by atomic mass is 32.1. The van der Waals surface area contributed by atoms with Gasteiger partial charge in [0.2, 0.25) is 5.91 Å². The zero-order valence-corrected chi connectivity index (χ0v) is 13.1. The number of thiazole rings is 1. The molecule has 1 amide bonds. The Morgan fingerprint density at radius 1 is 1.52 bits per heavy atom. The van der Waals surface area contributed by atoms with Crippen LogP contribution in [0.5, 0.6) is 0 Å². The highest BCUT2D eigenvalue weighted by molar-refractivity contribution is 7.13. The lowest BCUT2D eigenvalue weighted by molar-refractivity contribution is -0.120. The van der Waals surface area contributed by atoms with Crippen molar-refractivity contribution in [2.75, 3.05) is 6.54 Å². The van der Waals surface area contributed by atoms with Gasteiger partial charge in [-0.2, -0.15) is 0 Å². The quantitative estimate of drug-likeness (QED) is 0.824. The fourth-order valence-electron chi connectivity index (χ4n) is 1.86. The summed E-state index contributed by atoms with van der Waals surface area (Å²) in [5.74, 6) is 1.50. The van der Waals surface area contributed by atoms with Gasteiger partial charge >= 0.3 is 0 Å². The Hall–Kier alpha value is -1.66. The Bertz CT molecular complexity index is 591. The average Bonchev–Trinajstić information content (AvgIpc) is 3.07. The standard InChI is InChI=1S/C15H20N2O3S/c1-3-12(18)6-7-16-14(19)8-11-9-21-15(17-11)13-5-4-10(2)20-13/h4-5,9,12,18H,3,6-8H2,1-2H3,(H,16,19). The second-order valence-corrected chi connectivity index (χ2v) is 5.79. The van der Waals surface area contributed by atoms with Gasteiger partial charge < -0.3 is 14.8 Å². The van der Waals surface area contributed by atoms with Gasteiger partial charge in [0.05, 0.1) is 18.2 Å². The maximum atomic E-state index is 11.8. The van der Waals surface area contributed by atoms with E-state index in [-0.39, 0.29) is 18.4 Å². The molecule has 2 heterocycles. The van der Waals surface area contributed by atoms with Gasteiger partial charge in [-0.25, -0.2) is 4.98 Å². The molecule has 5 nitrogen and oxygen atoms in total. The first-order chi connectivity index (χ1) is 10.1. The van der Waals surface area contributed by atoms with E-state index < -0.39 is 0 Å². The number of aliphatic hydroxyl groups is 1. The van der Waals surface area contributed by atoms with Gasteiger partial charge in [-0.1, -0.05) is 6.92 Å². The summed E-state index contributed by atoms with van der Waals surface area (Å²) >= 11 is 1.47. The largest absolute Gasteiger partial charge is 0.459 e. The van der Waals surface area contributed by atoms with E-state index in [9.17, 15) is 9.90 Å². The minimum Gasteiger partial charge on any atom is -0.459 e. The van der Waals surface area contributed by atoms with Crippen molar-refractivity contribution in [2.45, 2.75) is 39.2 Å². The molecule has 1 unspecified atom stereocenters. The molecular weight excluding hydrogens is 288 g/mol. The van der Waals surface area contributed by atoms with E-state index in [0.717, 1.165) is 22.2 Å². The number of aryl methyl sites for hydroxylation is 1. The second kappa shape index (κ2) is 7.38. The first-order valence-electron chi connectivity index (χ1n) is 7.04. The molecule has 0 aliphatic carbocycles. The van der Waals surface area contributed by atoms with Crippen molar-refractivity contribution in [3.63, 3.8) is 0 Å². The maximum absolute atomic E-state index is 11.8. The molecule has 0 aromatic carbocycles. The smallest absolute Gasteiger partial charge is 0.226 e. The lowest BCUT2D eigenvalue weighted by Crippen LogP contribution is -2.28. The number of carbonyl (C=O) groups is 1. The predicted molar refractivity (Wildman–Crippen MR) is 82.2 cm³/mol. The third kappa shape index (κ3) is 4.68. The molecule has 0 fully saturated rings. The molecule has 0 bridgehead atoms. The molecule has 2 aromatic rings. The monoisotopic (exact) mass is 308 g/mol. The highest BCUT2D eigenvalue weighted by Gasteiger charge is 2.11. The third-order valence-electron chi connectivity index (χ3n) is 3.12. The fraction of sp³-hybridized carbons (Fsp3) is 0.467. The topological polar surface area (TPSA) is 75.4 Å². The van der Waals surface area contributed by atoms with Crippen LogP contribution in [0.2, 0.25) is 0 Å². The van der Waals surface area contributed by atoms with Crippen LogP contribution in [0.15, 0.2) is 21.9 Å². The number of hydrogen-bond acceptors (Lipinski definition) is 5. The van der Waals surface area contributed by atoms with Crippen LogP contribution >= 0.6 is 11.3 Å².